The number of hydrogen-bond donors (Lipinski definition) is 2. The zero-order valence-corrected chi connectivity index (χ0v) is 12.1. The number of carbonyl (C=O) groups is 1. The van der Waals surface area contributed by atoms with Gasteiger partial charge in [-0.3, -0.25) is 4.79 Å². The number of piperidine rings is 1. The van der Waals surface area contributed by atoms with Gasteiger partial charge in [-0.15, -0.1) is 0 Å². The average Bonchev–Trinajstić information content (AvgIpc) is 2.41. The van der Waals surface area contributed by atoms with Gasteiger partial charge in [0.15, 0.2) is 0 Å². The van der Waals surface area contributed by atoms with Crippen LogP contribution in [0.3, 0.4) is 0 Å². The minimum absolute atomic E-state index is 0.00594. The highest BCUT2D eigenvalue weighted by Gasteiger charge is 2.23. The summed E-state index contributed by atoms with van der Waals surface area (Å²) in [4.78, 5) is 13.4. The van der Waals surface area contributed by atoms with Crippen LogP contribution in [0.25, 0.3) is 0 Å². The molecule has 0 bridgehead atoms. The summed E-state index contributed by atoms with van der Waals surface area (Å²) in [7, 11) is 0. The first-order valence-electron chi connectivity index (χ1n) is 7.08. The van der Waals surface area contributed by atoms with E-state index in [9.17, 15) is 4.79 Å². The van der Waals surface area contributed by atoms with Gasteiger partial charge in [0.1, 0.15) is 5.75 Å². The Labute approximate surface area is 119 Å². The van der Waals surface area contributed by atoms with E-state index >= 15 is 0 Å². The van der Waals surface area contributed by atoms with Crippen molar-refractivity contribution in [1.82, 2.24) is 0 Å². The quantitative estimate of drug-likeness (QED) is 0.822. The number of nitrogens with zero attached hydrogens (tertiary/aromatic N) is 1. The molecule has 20 heavy (non-hydrogen) atoms. The van der Waals surface area contributed by atoms with Crippen LogP contribution in [0.15, 0.2) is 18.2 Å². The lowest BCUT2D eigenvalue weighted by Gasteiger charge is -2.32. The molecule has 1 amide bonds. The number of nitrogen functional groups attached to an aromatic ring is 1. The summed E-state index contributed by atoms with van der Waals surface area (Å²) in [6.07, 6.45) is 1.70. The smallest absolute Gasteiger partial charge is 0.220 e. The Balaban J connectivity index is 2.08. The van der Waals surface area contributed by atoms with Crippen molar-refractivity contribution in [1.29, 1.82) is 0 Å². The van der Waals surface area contributed by atoms with E-state index in [0.29, 0.717) is 5.69 Å². The summed E-state index contributed by atoms with van der Waals surface area (Å²) in [6.45, 7) is 5.62. The second-order valence-electron chi connectivity index (χ2n) is 5.55. The van der Waals surface area contributed by atoms with Crippen molar-refractivity contribution in [3.63, 3.8) is 0 Å². The Morgan fingerprint density at radius 2 is 2.00 bits per heavy atom. The van der Waals surface area contributed by atoms with Crippen LogP contribution < -0.4 is 21.1 Å². The number of nitrogens with two attached hydrogens (primary N) is 2. The number of primary amides is 1. The molecule has 1 aliphatic heterocycles. The molecule has 1 aromatic carbocycles. The second-order valence-corrected chi connectivity index (χ2v) is 5.55. The zero-order valence-electron chi connectivity index (χ0n) is 12.1. The maximum Gasteiger partial charge on any atom is 0.220 e. The van der Waals surface area contributed by atoms with Gasteiger partial charge < -0.3 is 21.1 Å². The van der Waals surface area contributed by atoms with Crippen LogP contribution in [0.2, 0.25) is 0 Å². The Morgan fingerprint density at radius 3 is 2.55 bits per heavy atom. The van der Waals surface area contributed by atoms with Gasteiger partial charge in [0.05, 0.1) is 11.8 Å². The van der Waals surface area contributed by atoms with Gasteiger partial charge in [-0.1, -0.05) is 0 Å². The fraction of sp³-hybridized carbons (Fsp3) is 0.533. The second kappa shape index (κ2) is 6.03. The van der Waals surface area contributed by atoms with Crippen molar-refractivity contribution in [3.05, 3.63) is 18.2 Å². The molecule has 0 unspecified atom stereocenters. The molecule has 4 N–H and O–H groups in total. The molecule has 1 aliphatic rings. The van der Waals surface area contributed by atoms with E-state index in [-0.39, 0.29) is 17.9 Å². The minimum atomic E-state index is -0.189. The molecule has 1 saturated heterocycles. The molecule has 1 heterocycles. The number of rotatable bonds is 4. The highest BCUT2D eigenvalue weighted by molar-refractivity contribution is 5.77. The van der Waals surface area contributed by atoms with Crippen molar-refractivity contribution in [2.75, 3.05) is 23.7 Å². The average molecular weight is 277 g/mol. The Bertz CT molecular complexity index is 480. The molecule has 1 fully saturated rings. The van der Waals surface area contributed by atoms with Gasteiger partial charge in [0.25, 0.3) is 0 Å². The van der Waals surface area contributed by atoms with Crippen molar-refractivity contribution >= 4 is 17.3 Å². The fourth-order valence-corrected chi connectivity index (χ4v) is 2.50. The highest BCUT2D eigenvalue weighted by Crippen LogP contribution is 2.30. The zero-order chi connectivity index (χ0) is 14.7. The first-order valence-corrected chi connectivity index (χ1v) is 7.08. The molecule has 0 aliphatic carbocycles. The normalized spacial score (nSPS) is 16.4. The number of carbonyl (C=O) groups excluding carboxylic acids is 1. The Morgan fingerprint density at radius 1 is 1.35 bits per heavy atom. The molecule has 1 aromatic rings. The lowest BCUT2D eigenvalue weighted by Crippen LogP contribution is -2.38. The predicted molar refractivity (Wildman–Crippen MR) is 80.7 cm³/mol. The van der Waals surface area contributed by atoms with Gasteiger partial charge in [-0.25, -0.2) is 0 Å². The molecule has 0 spiro atoms. The van der Waals surface area contributed by atoms with Crippen molar-refractivity contribution in [2.45, 2.75) is 32.8 Å². The van der Waals surface area contributed by atoms with Crippen LogP contribution in [-0.2, 0) is 4.79 Å². The number of ether oxygens (including phenoxy) is 1. The first kappa shape index (κ1) is 14.5. The lowest BCUT2D eigenvalue weighted by molar-refractivity contribution is -0.122. The molecule has 0 aromatic heterocycles. The molecule has 2 rings (SSSR count). The molecular weight excluding hydrogens is 254 g/mol. The van der Waals surface area contributed by atoms with Crippen molar-refractivity contribution in [2.24, 2.45) is 11.7 Å². The van der Waals surface area contributed by atoms with Crippen LogP contribution >= 0.6 is 0 Å². The molecule has 0 radical (unpaired) electrons. The maximum absolute atomic E-state index is 11.2. The van der Waals surface area contributed by atoms with E-state index in [1.807, 2.05) is 32.0 Å². The summed E-state index contributed by atoms with van der Waals surface area (Å²) in [5.74, 6) is 0.534. The van der Waals surface area contributed by atoms with Crippen LogP contribution in [0, 0.1) is 5.92 Å². The summed E-state index contributed by atoms with van der Waals surface area (Å²) in [5.41, 5.74) is 13.0. The number of hydrogen-bond acceptors (Lipinski definition) is 4. The molecule has 110 valence electrons. The maximum atomic E-state index is 11.2. The molecule has 0 saturated carbocycles. The Hall–Kier alpha value is -1.91. The summed E-state index contributed by atoms with van der Waals surface area (Å²) >= 11 is 0. The number of anilines is 2. The predicted octanol–water partition coefficient (Wildman–Crippen LogP) is 1.76. The van der Waals surface area contributed by atoms with E-state index in [2.05, 4.69) is 4.90 Å². The van der Waals surface area contributed by atoms with E-state index < -0.39 is 0 Å². The van der Waals surface area contributed by atoms with Crippen LogP contribution in [0.5, 0.6) is 5.75 Å². The lowest BCUT2D eigenvalue weighted by atomic mass is 9.96. The van der Waals surface area contributed by atoms with E-state index in [4.69, 9.17) is 16.2 Å². The van der Waals surface area contributed by atoms with Crippen LogP contribution in [0.1, 0.15) is 26.7 Å². The minimum Gasteiger partial charge on any atom is -0.489 e. The Kier molecular flexibility index (Phi) is 4.37. The SMILES string of the molecule is CC(C)Oc1cc(N2CCC(C(N)=O)CC2)ccc1N. The largest absolute Gasteiger partial charge is 0.489 e. The van der Waals surface area contributed by atoms with E-state index in [1.165, 1.54) is 0 Å². The van der Waals surface area contributed by atoms with Crippen molar-refractivity contribution < 1.29 is 9.53 Å². The summed E-state index contributed by atoms with van der Waals surface area (Å²) < 4.78 is 5.71. The highest BCUT2D eigenvalue weighted by atomic mass is 16.5. The van der Waals surface area contributed by atoms with Crippen LogP contribution in [0.4, 0.5) is 11.4 Å². The third kappa shape index (κ3) is 3.35. The summed E-state index contributed by atoms with van der Waals surface area (Å²) in [5, 5.41) is 0. The monoisotopic (exact) mass is 277 g/mol. The van der Waals surface area contributed by atoms with Gasteiger partial charge in [0, 0.05) is 30.8 Å². The van der Waals surface area contributed by atoms with E-state index in [0.717, 1.165) is 37.4 Å². The van der Waals surface area contributed by atoms with Gasteiger partial charge in [0.2, 0.25) is 5.91 Å². The fourth-order valence-electron chi connectivity index (χ4n) is 2.50. The van der Waals surface area contributed by atoms with Crippen molar-refractivity contribution in [3.8, 4) is 5.75 Å². The number of benzene rings is 1. The standard InChI is InChI=1S/C15H23N3O2/c1-10(2)20-14-9-12(3-4-13(14)16)18-7-5-11(6-8-18)15(17)19/h3-4,9-11H,5-8,16H2,1-2H3,(H2,17,19). The van der Waals surface area contributed by atoms with Gasteiger partial charge in [-0.2, -0.15) is 0 Å². The third-order valence-electron chi connectivity index (χ3n) is 3.62. The number of amides is 1. The summed E-state index contributed by atoms with van der Waals surface area (Å²) in [6, 6.07) is 5.83. The van der Waals surface area contributed by atoms with Crippen LogP contribution in [-0.4, -0.2) is 25.1 Å². The van der Waals surface area contributed by atoms with Gasteiger partial charge >= 0.3 is 0 Å². The van der Waals surface area contributed by atoms with Gasteiger partial charge in [-0.05, 0) is 38.8 Å². The first-order chi connectivity index (χ1) is 9.47. The third-order valence-corrected chi connectivity index (χ3v) is 3.62. The van der Waals surface area contributed by atoms with E-state index in [1.54, 1.807) is 0 Å². The molecule has 5 heteroatoms. The topological polar surface area (TPSA) is 81.6 Å². The molecular formula is C15H23N3O2. The molecule has 0 atom stereocenters. The molecule has 5 nitrogen and oxygen atoms in total.